The molecule has 0 atom stereocenters. The van der Waals surface area contributed by atoms with Crippen molar-refractivity contribution in [2.24, 2.45) is 0 Å². The van der Waals surface area contributed by atoms with E-state index in [-0.39, 0.29) is 11.6 Å². The molecule has 0 heterocycles. The van der Waals surface area contributed by atoms with Gasteiger partial charge in [0.05, 0.1) is 11.3 Å². The number of hydrogen-bond acceptors (Lipinski definition) is 3. The van der Waals surface area contributed by atoms with E-state index >= 15 is 0 Å². The van der Waals surface area contributed by atoms with Gasteiger partial charge in [0.1, 0.15) is 5.82 Å². The van der Waals surface area contributed by atoms with Gasteiger partial charge in [-0.2, -0.15) is 0 Å². The maximum atomic E-state index is 13.4. The Morgan fingerprint density at radius 3 is 2.88 bits per heavy atom. The maximum absolute atomic E-state index is 13.4. The Kier molecular flexibility index (Phi) is 5.42. The number of amides is 1. The van der Waals surface area contributed by atoms with Crippen LogP contribution in [0.5, 0.6) is 0 Å². The van der Waals surface area contributed by atoms with E-state index in [4.69, 9.17) is 4.74 Å². The van der Waals surface area contributed by atoms with Crippen molar-refractivity contribution >= 4 is 11.6 Å². The first-order chi connectivity index (χ1) is 8.20. The summed E-state index contributed by atoms with van der Waals surface area (Å²) in [6, 6.07) is 4.41. The molecule has 1 aromatic rings. The van der Waals surface area contributed by atoms with Gasteiger partial charge in [-0.3, -0.25) is 4.79 Å². The van der Waals surface area contributed by atoms with Gasteiger partial charge in [0.2, 0.25) is 0 Å². The van der Waals surface area contributed by atoms with Gasteiger partial charge >= 0.3 is 0 Å². The number of ether oxygens (including phenoxy) is 1. The lowest BCUT2D eigenvalue weighted by Crippen LogP contribution is -2.26. The fraction of sp³-hybridized carbons (Fsp3) is 0.417. The number of nitrogens with one attached hydrogen (secondary N) is 2. The molecule has 0 unspecified atom stereocenters. The predicted molar refractivity (Wildman–Crippen MR) is 64.8 cm³/mol. The minimum Gasteiger partial charge on any atom is -0.385 e. The van der Waals surface area contributed by atoms with E-state index in [2.05, 4.69) is 10.6 Å². The van der Waals surface area contributed by atoms with Gasteiger partial charge in [0.15, 0.2) is 0 Å². The fourth-order valence-corrected chi connectivity index (χ4v) is 1.48. The van der Waals surface area contributed by atoms with Gasteiger partial charge in [-0.05, 0) is 18.6 Å². The molecule has 0 fully saturated rings. The summed E-state index contributed by atoms with van der Waals surface area (Å²) in [5, 5.41) is 5.40. The summed E-state index contributed by atoms with van der Waals surface area (Å²) in [6.45, 7) is 1.09. The highest BCUT2D eigenvalue weighted by Gasteiger charge is 2.13. The number of anilines is 1. The topological polar surface area (TPSA) is 50.4 Å². The first-order valence-electron chi connectivity index (χ1n) is 5.44. The number of halogens is 1. The molecule has 0 radical (unpaired) electrons. The first-order valence-corrected chi connectivity index (χ1v) is 5.44. The zero-order chi connectivity index (χ0) is 12.7. The third kappa shape index (κ3) is 3.71. The third-order valence-electron chi connectivity index (χ3n) is 2.32. The molecular formula is C12H17FN2O2. The molecule has 0 aliphatic rings. The first kappa shape index (κ1) is 13.4. The smallest absolute Gasteiger partial charge is 0.253 e. The lowest BCUT2D eigenvalue weighted by molar-refractivity contribution is 0.0949. The van der Waals surface area contributed by atoms with E-state index in [1.54, 1.807) is 20.2 Å². The summed E-state index contributed by atoms with van der Waals surface area (Å²) in [5.41, 5.74) is 0.529. The van der Waals surface area contributed by atoms with Crippen molar-refractivity contribution in [3.63, 3.8) is 0 Å². The molecule has 17 heavy (non-hydrogen) atoms. The lowest BCUT2D eigenvalue weighted by Gasteiger charge is -2.10. The van der Waals surface area contributed by atoms with Crippen LogP contribution in [-0.4, -0.2) is 33.2 Å². The Hall–Kier alpha value is -1.62. The molecule has 0 saturated heterocycles. The molecule has 0 aliphatic heterocycles. The summed E-state index contributed by atoms with van der Waals surface area (Å²) < 4.78 is 18.3. The average molecular weight is 240 g/mol. The van der Waals surface area contributed by atoms with Crippen molar-refractivity contribution in [1.29, 1.82) is 0 Å². The molecule has 1 amide bonds. The van der Waals surface area contributed by atoms with Crippen molar-refractivity contribution in [2.75, 3.05) is 32.6 Å². The van der Waals surface area contributed by atoms with Gasteiger partial charge in [0.25, 0.3) is 5.91 Å². The van der Waals surface area contributed by atoms with Crippen LogP contribution in [0.4, 0.5) is 10.1 Å². The van der Waals surface area contributed by atoms with E-state index in [1.165, 1.54) is 12.1 Å². The Morgan fingerprint density at radius 2 is 2.24 bits per heavy atom. The number of hydrogen-bond donors (Lipinski definition) is 2. The second kappa shape index (κ2) is 6.85. The molecule has 94 valence electrons. The van der Waals surface area contributed by atoms with Crippen molar-refractivity contribution < 1.29 is 13.9 Å². The zero-order valence-electron chi connectivity index (χ0n) is 10.0. The number of carbonyl (C=O) groups is 1. The molecule has 0 bridgehead atoms. The van der Waals surface area contributed by atoms with Crippen LogP contribution in [0.25, 0.3) is 0 Å². The normalized spacial score (nSPS) is 10.1. The quantitative estimate of drug-likeness (QED) is 0.743. The van der Waals surface area contributed by atoms with E-state index in [0.29, 0.717) is 18.7 Å². The molecule has 0 spiro atoms. The highest BCUT2D eigenvalue weighted by atomic mass is 19.1. The van der Waals surface area contributed by atoms with Gasteiger partial charge in [-0.25, -0.2) is 4.39 Å². The Balaban J connectivity index is 2.65. The van der Waals surface area contributed by atoms with Crippen LogP contribution in [0.15, 0.2) is 18.2 Å². The summed E-state index contributed by atoms with van der Waals surface area (Å²) in [7, 11) is 3.19. The zero-order valence-corrected chi connectivity index (χ0v) is 10.0. The van der Waals surface area contributed by atoms with Crippen LogP contribution in [0, 0.1) is 5.82 Å². The number of para-hydroxylation sites is 1. The van der Waals surface area contributed by atoms with E-state index in [1.807, 2.05) is 0 Å². The third-order valence-corrected chi connectivity index (χ3v) is 2.32. The van der Waals surface area contributed by atoms with Crippen LogP contribution in [0.1, 0.15) is 16.8 Å². The van der Waals surface area contributed by atoms with Crippen molar-refractivity contribution in [3.8, 4) is 0 Å². The molecule has 2 N–H and O–H groups in total. The highest BCUT2D eigenvalue weighted by molar-refractivity contribution is 5.99. The number of methoxy groups -OCH3 is 1. The molecule has 1 aromatic carbocycles. The molecule has 5 heteroatoms. The SMILES string of the molecule is CNc1c(F)cccc1C(=O)NCCCOC. The molecule has 0 saturated carbocycles. The van der Waals surface area contributed by atoms with E-state index < -0.39 is 5.82 Å². The van der Waals surface area contributed by atoms with Crippen LogP contribution in [-0.2, 0) is 4.74 Å². The number of benzene rings is 1. The van der Waals surface area contributed by atoms with Crippen molar-refractivity contribution in [2.45, 2.75) is 6.42 Å². The Labute approximate surface area is 100 Å². The van der Waals surface area contributed by atoms with Crippen LogP contribution in [0.3, 0.4) is 0 Å². The number of rotatable bonds is 6. The van der Waals surface area contributed by atoms with E-state index in [0.717, 1.165) is 6.42 Å². The monoisotopic (exact) mass is 240 g/mol. The highest BCUT2D eigenvalue weighted by Crippen LogP contribution is 2.18. The minimum absolute atomic E-state index is 0.219. The Morgan fingerprint density at radius 1 is 1.47 bits per heavy atom. The average Bonchev–Trinajstić information content (AvgIpc) is 2.34. The second-order valence-corrected chi connectivity index (χ2v) is 3.51. The summed E-state index contributed by atoms with van der Waals surface area (Å²) >= 11 is 0. The maximum Gasteiger partial charge on any atom is 0.253 e. The molecule has 0 aromatic heterocycles. The summed E-state index contributed by atoms with van der Waals surface area (Å²) in [5.74, 6) is -0.720. The second-order valence-electron chi connectivity index (χ2n) is 3.51. The molecule has 0 aliphatic carbocycles. The van der Waals surface area contributed by atoms with Gasteiger partial charge < -0.3 is 15.4 Å². The van der Waals surface area contributed by atoms with E-state index in [9.17, 15) is 9.18 Å². The minimum atomic E-state index is -0.433. The summed E-state index contributed by atoms with van der Waals surface area (Å²) in [4.78, 5) is 11.8. The predicted octanol–water partition coefficient (Wildman–Crippen LogP) is 1.63. The molecular weight excluding hydrogens is 223 g/mol. The standard InChI is InChI=1S/C12H17FN2O2/c1-14-11-9(5-3-6-10(11)13)12(16)15-7-4-8-17-2/h3,5-6,14H,4,7-8H2,1-2H3,(H,15,16). The molecule has 1 rings (SSSR count). The largest absolute Gasteiger partial charge is 0.385 e. The summed E-state index contributed by atoms with van der Waals surface area (Å²) in [6.07, 6.45) is 0.729. The van der Waals surface area contributed by atoms with Gasteiger partial charge in [0, 0.05) is 27.3 Å². The van der Waals surface area contributed by atoms with Gasteiger partial charge in [-0.1, -0.05) is 6.07 Å². The lowest BCUT2D eigenvalue weighted by atomic mass is 10.1. The van der Waals surface area contributed by atoms with Gasteiger partial charge in [-0.15, -0.1) is 0 Å². The van der Waals surface area contributed by atoms with Crippen molar-refractivity contribution in [1.82, 2.24) is 5.32 Å². The van der Waals surface area contributed by atoms with Crippen LogP contribution in [0.2, 0.25) is 0 Å². The number of carbonyl (C=O) groups excluding carboxylic acids is 1. The molecule has 4 nitrogen and oxygen atoms in total. The van der Waals surface area contributed by atoms with Crippen molar-refractivity contribution in [3.05, 3.63) is 29.6 Å². The van der Waals surface area contributed by atoms with Crippen LogP contribution >= 0.6 is 0 Å². The van der Waals surface area contributed by atoms with Crippen LogP contribution < -0.4 is 10.6 Å². The fourth-order valence-electron chi connectivity index (χ4n) is 1.48. The Bertz CT molecular complexity index is 383.